The Morgan fingerprint density at radius 2 is 1.47 bits per heavy atom. The van der Waals surface area contributed by atoms with E-state index in [-0.39, 0.29) is 13.2 Å². The maximum absolute atomic E-state index is 13.1. The summed E-state index contributed by atoms with van der Waals surface area (Å²) in [5, 5.41) is 1.99. The summed E-state index contributed by atoms with van der Waals surface area (Å²) in [6.45, 7) is -0.896. The van der Waals surface area contributed by atoms with E-state index in [0.717, 1.165) is 0 Å². The predicted octanol–water partition coefficient (Wildman–Crippen LogP) is 1.30. The van der Waals surface area contributed by atoms with Crippen LogP contribution in [0.5, 0.6) is 0 Å². The van der Waals surface area contributed by atoms with Crippen molar-refractivity contribution in [3.8, 4) is 0 Å². The molecule has 0 heterocycles. The molecule has 3 N–H and O–H groups in total. The van der Waals surface area contributed by atoms with Crippen LogP contribution in [0.4, 0.5) is 27.6 Å². The van der Waals surface area contributed by atoms with E-state index in [2.05, 4.69) is 4.74 Å². The molecule has 4 nitrogen and oxygen atoms in total. The number of carbonyl (C=O) groups excluding carboxylic acids is 1. The lowest BCUT2D eigenvalue weighted by Crippen LogP contribution is -2.21. The van der Waals surface area contributed by atoms with E-state index in [1.165, 1.54) is 0 Å². The first kappa shape index (κ1) is 15.2. The normalized spacial score (nSPS) is 10.6. The van der Waals surface area contributed by atoms with Gasteiger partial charge in [-0.2, -0.15) is 0 Å². The van der Waals surface area contributed by atoms with Crippen molar-refractivity contribution in [2.45, 2.75) is 0 Å². The van der Waals surface area contributed by atoms with E-state index in [0.29, 0.717) is 0 Å². The summed E-state index contributed by atoms with van der Waals surface area (Å²) in [5.74, 6) is -11.0. The maximum atomic E-state index is 13.1. The van der Waals surface area contributed by atoms with Crippen LogP contribution in [0.2, 0.25) is 0 Å². The lowest BCUT2D eigenvalue weighted by Gasteiger charge is -2.10. The maximum Gasteiger partial charge on any atom is 0.243 e. The first-order valence-electron chi connectivity index (χ1n) is 4.97. The molecule has 0 atom stereocenters. The van der Waals surface area contributed by atoms with Crippen molar-refractivity contribution in [1.82, 2.24) is 0 Å². The van der Waals surface area contributed by atoms with Crippen molar-refractivity contribution in [3.63, 3.8) is 0 Å². The Morgan fingerprint density at radius 1 is 1.00 bits per heavy atom. The molecule has 0 aliphatic heterocycles. The molecule has 0 unspecified atom stereocenters. The van der Waals surface area contributed by atoms with E-state index in [1.54, 1.807) is 0 Å². The minimum absolute atomic E-state index is 0.206. The van der Waals surface area contributed by atoms with Crippen molar-refractivity contribution < 1.29 is 31.5 Å². The molecule has 0 fully saturated rings. The number of primary amides is 1. The SMILES string of the molecule is NC(=O)COCCNc1c(F)c(F)c(F)c(F)c1F. The number of amides is 1. The number of hydrogen-bond acceptors (Lipinski definition) is 3. The lowest BCUT2D eigenvalue weighted by molar-refractivity contribution is -0.122. The van der Waals surface area contributed by atoms with Gasteiger partial charge in [0.15, 0.2) is 23.3 Å². The summed E-state index contributed by atoms with van der Waals surface area (Å²) in [7, 11) is 0. The zero-order chi connectivity index (χ0) is 14.6. The first-order valence-corrected chi connectivity index (χ1v) is 4.97. The van der Waals surface area contributed by atoms with Crippen LogP contribution in [0.3, 0.4) is 0 Å². The van der Waals surface area contributed by atoms with E-state index in [9.17, 15) is 26.7 Å². The van der Waals surface area contributed by atoms with E-state index in [1.807, 2.05) is 5.32 Å². The second kappa shape index (κ2) is 6.32. The summed E-state index contributed by atoms with van der Waals surface area (Å²) in [5.41, 5.74) is 3.59. The predicted molar refractivity (Wildman–Crippen MR) is 54.7 cm³/mol. The minimum atomic E-state index is -2.23. The number of nitrogens with one attached hydrogen (secondary N) is 1. The fraction of sp³-hybridized carbons (Fsp3) is 0.300. The van der Waals surface area contributed by atoms with Gasteiger partial charge in [-0.05, 0) is 0 Å². The third kappa shape index (κ3) is 3.53. The quantitative estimate of drug-likeness (QED) is 0.358. The summed E-state index contributed by atoms with van der Waals surface area (Å²) < 4.78 is 69.2. The third-order valence-corrected chi connectivity index (χ3v) is 2.00. The van der Waals surface area contributed by atoms with Gasteiger partial charge in [-0.25, -0.2) is 22.0 Å². The molecular weight excluding hydrogens is 275 g/mol. The smallest absolute Gasteiger partial charge is 0.243 e. The van der Waals surface area contributed by atoms with Gasteiger partial charge in [0, 0.05) is 6.54 Å². The molecule has 0 aromatic heterocycles. The molecule has 1 aromatic carbocycles. The summed E-state index contributed by atoms with van der Waals surface area (Å²) in [4.78, 5) is 10.3. The molecule has 0 aliphatic carbocycles. The number of rotatable bonds is 6. The Hall–Kier alpha value is -1.90. The van der Waals surface area contributed by atoms with Crippen LogP contribution in [-0.2, 0) is 9.53 Å². The number of ether oxygens (including phenoxy) is 1. The fourth-order valence-corrected chi connectivity index (χ4v) is 1.18. The molecular formula is C10H9F5N2O2. The van der Waals surface area contributed by atoms with Crippen molar-refractivity contribution >= 4 is 11.6 Å². The zero-order valence-electron chi connectivity index (χ0n) is 9.40. The van der Waals surface area contributed by atoms with Crippen molar-refractivity contribution in [2.24, 2.45) is 5.73 Å². The van der Waals surface area contributed by atoms with Crippen LogP contribution >= 0.6 is 0 Å². The largest absolute Gasteiger partial charge is 0.378 e. The minimum Gasteiger partial charge on any atom is -0.378 e. The Kier molecular flexibility index (Phi) is 5.04. The molecule has 9 heteroatoms. The average Bonchev–Trinajstić information content (AvgIpc) is 2.37. The lowest BCUT2D eigenvalue weighted by atomic mass is 10.2. The topological polar surface area (TPSA) is 64.4 Å². The number of carbonyl (C=O) groups is 1. The highest BCUT2D eigenvalue weighted by molar-refractivity contribution is 5.74. The van der Waals surface area contributed by atoms with Crippen LogP contribution in [0.15, 0.2) is 0 Å². The number of benzene rings is 1. The molecule has 1 rings (SSSR count). The van der Waals surface area contributed by atoms with Gasteiger partial charge in [-0.1, -0.05) is 0 Å². The van der Waals surface area contributed by atoms with Gasteiger partial charge in [-0.3, -0.25) is 4.79 Å². The van der Waals surface area contributed by atoms with Crippen LogP contribution in [0, 0.1) is 29.1 Å². The summed E-state index contributed by atoms with van der Waals surface area (Å²) >= 11 is 0. The Morgan fingerprint density at radius 3 is 1.95 bits per heavy atom. The molecule has 1 amide bonds. The molecule has 0 bridgehead atoms. The standard InChI is InChI=1S/C10H9F5N2O2/c11-5-6(12)8(14)10(9(15)7(5)13)17-1-2-19-3-4(16)18/h17H,1-3H2,(H2,16,18). The number of hydrogen-bond donors (Lipinski definition) is 2. The number of anilines is 1. The van der Waals surface area contributed by atoms with Gasteiger partial charge in [0.05, 0.1) is 6.61 Å². The van der Waals surface area contributed by atoms with E-state index >= 15 is 0 Å². The van der Waals surface area contributed by atoms with Gasteiger partial charge in [0.2, 0.25) is 11.7 Å². The Balaban J connectivity index is 2.71. The molecule has 0 saturated carbocycles. The molecule has 19 heavy (non-hydrogen) atoms. The third-order valence-electron chi connectivity index (χ3n) is 2.00. The highest BCUT2D eigenvalue weighted by Crippen LogP contribution is 2.26. The second-order valence-corrected chi connectivity index (χ2v) is 3.39. The average molecular weight is 284 g/mol. The van der Waals surface area contributed by atoms with Crippen LogP contribution in [0.25, 0.3) is 0 Å². The van der Waals surface area contributed by atoms with E-state index < -0.39 is 47.3 Å². The van der Waals surface area contributed by atoms with Crippen LogP contribution < -0.4 is 11.1 Å². The van der Waals surface area contributed by atoms with Crippen LogP contribution in [-0.4, -0.2) is 25.7 Å². The van der Waals surface area contributed by atoms with Gasteiger partial charge in [-0.15, -0.1) is 0 Å². The molecule has 0 aliphatic rings. The number of nitrogens with two attached hydrogens (primary N) is 1. The highest BCUT2D eigenvalue weighted by Gasteiger charge is 2.25. The van der Waals surface area contributed by atoms with Crippen LogP contribution in [0.1, 0.15) is 0 Å². The molecule has 106 valence electrons. The van der Waals surface area contributed by atoms with Crippen molar-refractivity contribution in [1.29, 1.82) is 0 Å². The van der Waals surface area contributed by atoms with Gasteiger partial charge >= 0.3 is 0 Å². The number of halogens is 5. The van der Waals surface area contributed by atoms with E-state index in [4.69, 9.17) is 5.73 Å². The van der Waals surface area contributed by atoms with Crippen molar-refractivity contribution in [2.75, 3.05) is 25.1 Å². The van der Waals surface area contributed by atoms with Gasteiger partial charge in [0.25, 0.3) is 0 Å². The highest BCUT2D eigenvalue weighted by atomic mass is 19.2. The molecule has 0 saturated heterocycles. The molecule has 0 radical (unpaired) electrons. The molecule has 1 aromatic rings. The van der Waals surface area contributed by atoms with Gasteiger partial charge < -0.3 is 15.8 Å². The summed E-state index contributed by atoms with van der Waals surface area (Å²) in [6.07, 6.45) is 0. The zero-order valence-corrected chi connectivity index (χ0v) is 9.40. The first-order chi connectivity index (χ1) is 8.86. The molecule has 0 spiro atoms. The monoisotopic (exact) mass is 284 g/mol. The Bertz CT molecular complexity index is 466. The fourth-order valence-electron chi connectivity index (χ4n) is 1.18. The summed E-state index contributed by atoms with van der Waals surface area (Å²) in [6, 6.07) is 0. The van der Waals surface area contributed by atoms with Crippen molar-refractivity contribution in [3.05, 3.63) is 29.1 Å². The van der Waals surface area contributed by atoms with Gasteiger partial charge in [0.1, 0.15) is 12.3 Å². The Labute approximate surface area is 104 Å². The second-order valence-electron chi connectivity index (χ2n) is 3.39.